The molecule has 0 aliphatic heterocycles. The molecule has 7 nitrogen and oxygen atoms in total. The van der Waals surface area contributed by atoms with Gasteiger partial charge in [0.1, 0.15) is 18.2 Å². The van der Waals surface area contributed by atoms with Gasteiger partial charge < -0.3 is 15.5 Å². The van der Waals surface area contributed by atoms with Crippen LogP contribution in [-0.2, 0) is 11.3 Å². The van der Waals surface area contributed by atoms with Gasteiger partial charge in [-0.25, -0.2) is 13.9 Å². The zero-order valence-electron chi connectivity index (χ0n) is 20.0. The third kappa shape index (κ3) is 6.35. The number of nitrogens with one attached hydrogen (secondary N) is 2. The number of hydrogen-bond acceptors (Lipinski definition) is 3. The molecule has 0 atom stereocenters. The number of nitrogens with zero attached hydrogens (tertiary/aromatic N) is 3. The number of hydrogen-bond donors (Lipinski definition) is 2. The van der Waals surface area contributed by atoms with E-state index in [0.717, 1.165) is 11.1 Å². The zero-order valence-corrected chi connectivity index (χ0v) is 20.0. The largest absolute Gasteiger partial charge is 0.334 e. The molecule has 3 amide bonds. The normalized spacial score (nSPS) is 10.6. The fourth-order valence-electron chi connectivity index (χ4n) is 3.76. The number of amides is 3. The highest BCUT2D eigenvalue weighted by Crippen LogP contribution is 2.25. The van der Waals surface area contributed by atoms with E-state index < -0.39 is 0 Å². The van der Waals surface area contributed by atoms with Gasteiger partial charge in [-0.3, -0.25) is 4.79 Å². The van der Waals surface area contributed by atoms with E-state index in [0.29, 0.717) is 36.7 Å². The molecule has 0 aliphatic carbocycles. The van der Waals surface area contributed by atoms with Gasteiger partial charge in [0.15, 0.2) is 0 Å². The van der Waals surface area contributed by atoms with Crippen LogP contribution in [0.3, 0.4) is 0 Å². The van der Waals surface area contributed by atoms with Crippen molar-refractivity contribution in [2.24, 2.45) is 0 Å². The molecule has 1 aromatic heterocycles. The SMILES string of the molecule is CCCN(CC(=O)Nc1cc(-c2ccccc2)nn1-c1ccc(F)cc1)C(=O)NCc1ccccc1. The second-order valence-electron chi connectivity index (χ2n) is 8.28. The molecule has 0 spiro atoms. The molecule has 0 saturated heterocycles. The van der Waals surface area contributed by atoms with Gasteiger partial charge in [-0.1, -0.05) is 67.6 Å². The Morgan fingerprint density at radius 1 is 0.944 bits per heavy atom. The third-order valence-corrected chi connectivity index (χ3v) is 5.52. The molecule has 0 bridgehead atoms. The molecule has 0 fully saturated rings. The Balaban J connectivity index is 1.51. The van der Waals surface area contributed by atoms with Crippen molar-refractivity contribution in [2.75, 3.05) is 18.4 Å². The Bertz CT molecular complexity index is 1290. The molecule has 2 N–H and O–H groups in total. The first-order valence-corrected chi connectivity index (χ1v) is 11.8. The van der Waals surface area contributed by atoms with Crippen LogP contribution in [0.5, 0.6) is 0 Å². The minimum Gasteiger partial charge on any atom is -0.334 e. The number of halogens is 1. The summed E-state index contributed by atoms with van der Waals surface area (Å²) in [6, 6.07) is 26.5. The lowest BCUT2D eigenvalue weighted by molar-refractivity contribution is -0.116. The van der Waals surface area contributed by atoms with Gasteiger partial charge in [0.05, 0.1) is 11.4 Å². The number of benzene rings is 3. The highest BCUT2D eigenvalue weighted by atomic mass is 19.1. The molecule has 0 aliphatic rings. The van der Waals surface area contributed by atoms with Gasteiger partial charge in [-0.05, 0) is 36.2 Å². The molecule has 3 aromatic carbocycles. The van der Waals surface area contributed by atoms with Crippen molar-refractivity contribution in [1.29, 1.82) is 0 Å². The second kappa shape index (κ2) is 11.8. The maximum Gasteiger partial charge on any atom is 0.318 e. The summed E-state index contributed by atoms with van der Waals surface area (Å²) in [5, 5.41) is 10.4. The molecular weight excluding hydrogens is 457 g/mol. The van der Waals surface area contributed by atoms with Gasteiger partial charge in [0, 0.05) is 24.7 Å². The lowest BCUT2D eigenvalue weighted by Gasteiger charge is -2.22. The van der Waals surface area contributed by atoms with Crippen molar-refractivity contribution in [2.45, 2.75) is 19.9 Å². The number of aromatic nitrogens is 2. The molecule has 4 aromatic rings. The van der Waals surface area contributed by atoms with E-state index in [-0.39, 0.29) is 24.3 Å². The summed E-state index contributed by atoms with van der Waals surface area (Å²) < 4.78 is 15.1. The maximum absolute atomic E-state index is 13.5. The minimum atomic E-state index is -0.364. The average Bonchev–Trinajstić information content (AvgIpc) is 3.32. The van der Waals surface area contributed by atoms with Crippen LogP contribution in [0.4, 0.5) is 15.0 Å². The van der Waals surface area contributed by atoms with E-state index in [1.54, 1.807) is 22.9 Å². The first-order chi connectivity index (χ1) is 17.5. The Kier molecular flexibility index (Phi) is 8.08. The Morgan fingerprint density at radius 2 is 1.61 bits per heavy atom. The summed E-state index contributed by atoms with van der Waals surface area (Å²) >= 11 is 0. The molecule has 0 radical (unpaired) electrons. The van der Waals surface area contributed by atoms with Crippen molar-refractivity contribution in [3.05, 3.63) is 102 Å². The van der Waals surface area contributed by atoms with Crippen molar-refractivity contribution in [3.8, 4) is 16.9 Å². The highest BCUT2D eigenvalue weighted by molar-refractivity contribution is 5.94. The molecule has 0 unspecified atom stereocenters. The van der Waals surface area contributed by atoms with Crippen LogP contribution in [0.2, 0.25) is 0 Å². The Hall–Kier alpha value is -4.46. The van der Waals surface area contributed by atoms with E-state index in [1.807, 2.05) is 67.6 Å². The number of anilines is 1. The van der Waals surface area contributed by atoms with Gasteiger partial charge in [-0.2, -0.15) is 5.10 Å². The second-order valence-corrected chi connectivity index (χ2v) is 8.28. The molecule has 8 heteroatoms. The summed E-state index contributed by atoms with van der Waals surface area (Å²) in [5.41, 5.74) is 3.10. The molecule has 36 heavy (non-hydrogen) atoms. The lowest BCUT2D eigenvalue weighted by atomic mass is 10.1. The Labute approximate surface area is 209 Å². The third-order valence-electron chi connectivity index (χ3n) is 5.52. The summed E-state index contributed by atoms with van der Waals surface area (Å²) in [6.07, 6.45) is 0.706. The van der Waals surface area contributed by atoms with Crippen molar-refractivity contribution >= 4 is 17.8 Å². The summed E-state index contributed by atoms with van der Waals surface area (Å²) in [6.45, 7) is 2.63. The van der Waals surface area contributed by atoms with E-state index in [2.05, 4.69) is 15.7 Å². The Morgan fingerprint density at radius 3 is 2.28 bits per heavy atom. The van der Waals surface area contributed by atoms with Crippen LogP contribution in [0, 0.1) is 5.82 Å². The van der Waals surface area contributed by atoms with Crippen molar-refractivity contribution in [1.82, 2.24) is 20.0 Å². The molecule has 0 saturated carbocycles. The lowest BCUT2D eigenvalue weighted by Crippen LogP contribution is -2.44. The van der Waals surface area contributed by atoms with Crippen LogP contribution < -0.4 is 10.6 Å². The average molecular weight is 486 g/mol. The standard InChI is InChI=1S/C28H28FN5O2/c1-2-17-33(28(36)30-19-21-9-5-3-6-10-21)20-27(35)31-26-18-25(22-11-7-4-8-12-22)32-34(26)24-15-13-23(29)14-16-24/h3-16,18H,2,17,19-20H2,1H3,(H,30,36)(H,31,35). The topological polar surface area (TPSA) is 79.3 Å². The number of carbonyl (C=O) groups is 2. The summed E-state index contributed by atoms with van der Waals surface area (Å²) in [4.78, 5) is 27.3. The van der Waals surface area contributed by atoms with E-state index in [4.69, 9.17) is 0 Å². The summed E-state index contributed by atoms with van der Waals surface area (Å²) in [7, 11) is 0. The smallest absolute Gasteiger partial charge is 0.318 e. The predicted molar refractivity (Wildman–Crippen MR) is 138 cm³/mol. The zero-order chi connectivity index (χ0) is 25.3. The maximum atomic E-state index is 13.5. The number of carbonyl (C=O) groups excluding carboxylic acids is 2. The molecule has 184 valence electrons. The molecule has 1 heterocycles. The van der Waals surface area contributed by atoms with Crippen LogP contribution in [0.15, 0.2) is 91.0 Å². The molecular formula is C28H28FN5O2. The monoisotopic (exact) mass is 485 g/mol. The number of rotatable bonds is 9. The van der Waals surface area contributed by atoms with E-state index in [9.17, 15) is 14.0 Å². The molecule has 4 rings (SSSR count). The minimum absolute atomic E-state index is 0.121. The van der Waals surface area contributed by atoms with Gasteiger partial charge in [0.2, 0.25) is 5.91 Å². The highest BCUT2D eigenvalue weighted by Gasteiger charge is 2.19. The number of urea groups is 1. The van der Waals surface area contributed by atoms with Crippen LogP contribution in [-0.4, -0.2) is 39.7 Å². The quantitative estimate of drug-likeness (QED) is 0.340. The fourth-order valence-corrected chi connectivity index (χ4v) is 3.76. The van der Waals surface area contributed by atoms with Crippen molar-refractivity contribution in [3.63, 3.8) is 0 Å². The first-order valence-electron chi connectivity index (χ1n) is 11.8. The fraction of sp³-hybridized carbons (Fsp3) is 0.179. The van der Waals surface area contributed by atoms with E-state index >= 15 is 0 Å². The first kappa shape index (κ1) is 24.7. The van der Waals surface area contributed by atoms with Crippen LogP contribution >= 0.6 is 0 Å². The van der Waals surface area contributed by atoms with Crippen molar-refractivity contribution < 1.29 is 14.0 Å². The summed E-state index contributed by atoms with van der Waals surface area (Å²) in [5.74, 6) is -0.302. The van der Waals surface area contributed by atoms with Gasteiger partial charge in [-0.15, -0.1) is 0 Å². The van der Waals surface area contributed by atoms with Crippen LogP contribution in [0.25, 0.3) is 16.9 Å². The van der Waals surface area contributed by atoms with Gasteiger partial charge in [0.25, 0.3) is 0 Å². The van der Waals surface area contributed by atoms with Gasteiger partial charge >= 0.3 is 6.03 Å². The van der Waals surface area contributed by atoms with E-state index in [1.165, 1.54) is 17.0 Å². The van der Waals surface area contributed by atoms with Crippen LogP contribution in [0.1, 0.15) is 18.9 Å². The predicted octanol–water partition coefficient (Wildman–Crippen LogP) is 5.24.